The fourth-order valence-corrected chi connectivity index (χ4v) is 6.85. The maximum atomic E-state index is 13.5. The molecule has 0 aromatic heterocycles. The lowest BCUT2D eigenvalue weighted by molar-refractivity contribution is -0.304. The van der Waals surface area contributed by atoms with Crippen LogP contribution in [-0.2, 0) is 19.1 Å². The number of hydrogen-bond donors (Lipinski definition) is 3. The van der Waals surface area contributed by atoms with E-state index in [2.05, 4.69) is 22.5 Å². The van der Waals surface area contributed by atoms with E-state index in [1.165, 1.54) is 83.5 Å². The molecule has 4 unspecified atom stereocenters. The molecule has 2 rings (SSSR count). The average Bonchev–Trinajstić information content (AvgIpc) is 2.99. The van der Waals surface area contributed by atoms with E-state index in [0.717, 1.165) is 44.9 Å². The zero-order valence-corrected chi connectivity index (χ0v) is 29.9. The van der Waals surface area contributed by atoms with Crippen LogP contribution >= 0.6 is 0 Å². The second kappa shape index (κ2) is 21.8. The molecule has 0 bridgehead atoms. The Kier molecular flexibility index (Phi) is 19.0. The summed E-state index contributed by atoms with van der Waals surface area (Å²) in [5.41, 5.74) is -0.574. The standard InChI is InChI=1S/C37H67N3O6/c1-6-7-8-9-10-11-12-13-14-15-16-17-18-19-20-23-26-38-35(44)40-30-25-22-21-24-29(30)31(27-32(41)42)39-34(43)33-36(2,3)28-45-37(4,5)46-33/h26,29-31,33H,6-25,27-28H2,1-5H3,(H,39,43)(H,40,44)(H,41,42). The Morgan fingerprint density at radius 2 is 1.39 bits per heavy atom. The number of carboxylic acids is 1. The lowest BCUT2D eigenvalue weighted by atomic mass is 9.78. The molecule has 2 fully saturated rings. The van der Waals surface area contributed by atoms with Crippen molar-refractivity contribution in [1.29, 1.82) is 0 Å². The fourth-order valence-electron chi connectivity index (χ4n) is 6.85. The highest BCUT2D eigenvalue weighted by molar-refractivity contribution is 5.84. The van der Waals surface area contributed by atoms with E-state index in [1.54, 1.807) is 20.1 Å². The largest absolute Gasteiger partial charge is 0.481 e. The molecule has 4 atom stereocenters. The van der Waals surface area contributed by atoms with Gasteiger partial charge in [0.1, 0.15) is 6.10 Å². The van der Waals surface area contributed by atoms with Crippen molar-refractivity contribution >= 4 is 24.1 Å². The summed E-state index contributed by atoms with van der Waals surface area (Å²) in [6, 6.07) is -1.28. The molecule has 9 heteroatoms. The van der Waals surface area contributed by atoms with E-state index < -0.39 is 35.3 Å². The van der Waals surface area contributed by atoms with Gasteiger partial charge < -0.3 is 25.2 Å². The summed E-state index contributed by atoms with van der Waals surface area (Å²) >= 11 is 0. The highest BCUT2D eigenvalue weighted by Crippen LogP contribution is 2.36. The number of carbonyl (C=O) groups excluding carboxylic acids is 2. The number of nitrogens with zero attached hydrogens (tertiary/aromatic N) is 1. The van der Waals surface area contributed by atoms with Crippen LogP contribution in [0.3, 0.4) is 0 Å². The van der Waals surface area contributed by atoms with Crippen molar-refractivity contribution in [1.82, 2.24) is 10.6 Å². The lowest BCUT2D eigenvalue weighted by Crippen LogP contribution is -2.60. The predicted molar refractivity (Wildman–Crippen MR) is 185 cm³/mol. The van der Waals surface area contributed by atoms with E-state index in [1.807, 2.05) is 13.8 Å². The summed E-state index contributed by atoms with van der Waals surface area (Å²) < 4.78 is 11.7. The predicted octanol–water partition coefficient (Wildman–Crippen LogP) is 8.72. The van der Waals surface area contributed by atoms with Crippen LogP contribution in [-0.4, -0.2) is 59.8 Å². The Morgan fingerprint density at radius 3 is 1.96 bits per heavy atom. The number of hydrogen-bond acceptors (Lipinski definition) is 5. The smallest absolute Gasteiger partial charge is 0.340 e. The third-order valence-electron chi connectivity index (χ3n) is 9.65. The first-order valence-electron chi connectivity index (χ1n) is 18.6. The number of aliphatic imine (C=N–C) groups is 1. The number of carbonyl (C=O) groups is 3. The number of nitrogens with one attached hydrogen (secondary N) is 2. The Bertz CT molecular complexity index is 921. The van der Waals surface area contributed by atoms with Gasteiger partial charge in [-0.05, 0) is 39.5 Å². The molecule has 0 aromatic carbocycles. The van der Waals surface area contributed by atoms with Gasteiger partial charge in [0.05, 0.1) is 13.0 Å². The van der Waals surface area contributed by atoms with Crippen molar-refractivity contribution in [3.63, 3.8) is 0 Å². The van der Waals surface area contributed by atoms with E-state index in [0.29, 0.717) is 6.61 Å². The number of aliphatic carboxylic acids is 1. The van der Waals surface area contributed by atoms with Crippen molar-refractivity contribution in [3.8, 4) is 0 Å². The summed E-state index contributed by atoms with van der Waals surface area (Å²) in [7, 11) is 0. The van der Waals surface area contributed by atoms with Crippen LogP contribution in [0.4, 0.5) is 4.79 Å². The minimum atomic E-state index is -0.991. The molecule has 3 amide bonds. The van der Waals surface area contributed by atoms with Crippen LogP contribution < -0.4 is 10.6 Å². The van der Waals surface area contributed by atoms with Crippen molar-refractivity contribution < 1.29 is 29.0 Å². The molecule has 2 aliphatic rings. The molecule has 266 valence electrons. The first-order chi connectivity index (χ1) is 21.9. The molecule has 1 heterocycles. The van der Waals surface area contributed by atoms with Gasteiger partial charge in [-0.25, -0.2) is 9.79 Å². The van der Waals surface area contributed by atoms with Gasteiger partial charge in [-0.2, -0.15) is 0 Å². The van der Waals surface area contributed by atoms with Crippen molar-refractivity contribution in [2.24, 2.45) is 16.3 Å². The van der Waals surface area contributed by atoms with Gasteiger partial charge in [0.2, 0.25) is 5.91 Å². The average molecular weight is 650 g/mol. The van der Waals surface area contributed by atoms with Crippen LogP contribution in [0.25, 0.3) is 0 Å². The Hall–Kier alpha value is -2.00. The number of unbranched alkanes of at least 4 members (excludes halogenated alkanes) is 15. The highest BCUT2D eigenvalue weighted by Gasteiger charge is 2.47. The quantitative estimate of drug-likeness (QED) is 0.0795. The summed E-state index contributed by atoms with van der Waals surface area (Å²) in [4.78, 5) is 42.2. The molecule has 9 nitrogen and oxygen atoms in total. The molecule has 1 aliphatic heterocycles. The molecule has 1 saturated carbocycles. The Morgan fingerprint density at radius 1 is 0.848 bits per heavy atom. The normalized spacial score (nSPS) is 23.2. The molecule has 3 N–H and O–H groups in total. The van der Waals surface area contributed by atoms with Gasteiger partial charge in [-0.3, -0.25) is 9.59 Å². The summed E-state index contributed by atoms with van der Waals surface area (Å²) in [6.07, 6.45) is 24.6. The van der Waals surface area contributed by atoms with Crippen LogP contribution in [0.1, 0.15) is 169 Å². The van der Waals surface area contributed by atoms with Gasteiger partial charge in [-0.1, -0.05) is 124 Å². The number of carboxylic acid groups (broad SMARTS) is 1. The maximum Gasteiger partial charge on any atom is 0.340 e. The van der Waals surface area contributed by atoms with Crippen molar-refractivity contribution in [2.75, 3.05) is 6.61 Å². The highest BCUT2D eigenvalue weighted by atomic mass is 16.7. The van der Waals surface area contributed by atoms with Gasteiger partial charge >= 0.3 is 12.0 Å². The first kappa shape index (κ1) is 40.2. The van der Waals surface area contributed by atoms with Crippen molar-refractivity contribution in [3.05, 3.63) is 0 Å². The van der Waals surface area contributed by atoms with Gasteiger partial charge in [0, 0.05) is 29.6 Å². The number of rotatable bonds is 22. The summed E-state index contributed by atoms with van der Waals surface area (Å²) in [5.74, 6) is -2.45. The fraction of sp³-hybridized carbons (Fsp3) is 0.892. The topological polar surface area (TPSA) is 126 Å². The Labute approximate surface area is 279 Å². The number of ether oxygens (including phenoxy) is 2. The van der Waals surface area contributed by atoms with Crippen LogP contribution in [0.5, 0.6) is 0 Å². The molecule has 0 aromatic rings. The minimum absolute atomic E-state index is 0.209. The van der Waals surface area contributed by atoms with E-state index >= 15 is 0 Å². The third kappa shape index (κ3) is 16.2. The SMILES string of the molecule is CCCCCCCCCCCCCCCCCC=NC(=O)NC1CCCCC1C(CC(=O)O)NC(=O)C1OC(C)(C)OCC1(C)C. The van der Waals surface area contributed by atoms with Crippen LogP contribution in [0, 0.1) is 11.3 Å². The summed E-state index contributed by atoms with van der Waals surface area (Å²) in [6.45, 7) is 9.96. The van der Waals surface area contributed by atoms with Crippen LogP contribution in [0.15, 0.2) is 4.99 Å². The molecule has 46 heavy (non-hydrogen) atoms. The zero-order chi connectivity index (χ0) is 33.8. The van der Waals surface area contributed by atoms with Crippen LogP contribution in [0.2, 0.25) is 0 Å². The number of amides is 3. The Balaban J connectivity index is 1.70. The molecule has 1 aliphatic carbocycles. The molecule has 1 saturated heterocycles. The monoisotopic (exact) mass is 650 g/mol. The van der Waals surface area contributed by atoms with E-state index in [-0.39, 0.29) is 24.3 Å². The summed E-state index contributed by atoms with van der Waals surface area (Å²) in [5, 5.41) is 15.7. The minimum Gasteiger partial charge on any atom is -0.481 e. The second-order valence-corrected chi connectivity index (χ2v) is 14.9. The van der Waals surface area contributed by atoms with Gasteiger partial charge in [0.25, 0.3) is 0 Å². The lowest BCUT2D eigenvalue weighted by Gasteiger charge is -2.45. The second-order valence-electron chi connectivity index (χ2n) is 14.9. The van der Waals surface area contributed by atoms with E-state index in [9.17, 15) is 19.5 Å². The van der Waals surface area contributed by atoms with Gasteiger partial charge in [0.15, 0.2) is 5.79 Å². The van der Waals surface area contributed by atoms with Crippen molar-refractivity contribution in [2.45, 2.75) is 193 Å². The zero-order valence-electron chi connectivity index (χ0n) is 29.9. The molecular formula is C37H67N3O6. The third-order valence-corrected chi connectivity index (χ3v) is 9.65. The number of urea groups is 1. The maximum absolute atomic E-state index is 13.5. The molecule has 0 radical (unpaired) electrons. The molecule has 0 spiro atoms. The molecular weight excluding hydrogens is 582 g/mol. The first-order valence-corrected chi connectivity index (χ1v) is 18.6. The van der Waals surface area contributed by atoms with E-state index in [4.69, 9.17) is 9.47 Å². The van der Waals surface area contributed by atoms with Gasteiger partial charge in [-0.15, -0.1) is 0 Å².